The van der Waals surface area contributed by atoms with Crippen LogP contribution in [0.3, 0.4) is 0 Å². The molecule has 2 aromatic heterocycles. The molecule has 0 unspecified atom stereocenters. The molecular formula is C29H31F3N6O6. The molecule has 0 aliphatic carbocycles. The molecule has 1 fully saturated rings. The molecule has 4 rings (SSSR count). The van der Waals surface area contributed by atoms with Crippen LogP contribution in [0.4, 0.5) is 19.0 Å². The molecule has 1 aliphatic heterocycles. The van der Waals surface area contributed by atoms with Crippen LogP contribution in [-0.2, 0) is 22.3 Å². The smallest absolute Gasteiger partial charge is 0.425 e. The molecule has 3 heterocycles. The first kappa shape index (κ1) is 32.2. The maximum atomic E-state index is 13.9. The summed E-state index contributed by atoms with van der Waals surface area (Å²) in [5.74, 6) is -0.0723. The number of hydrogen-bond donors (Lipinski definition) is 1. The molecule has 3 aromatic rings. The first-order valence-electron chi connectivity index (χ1n) is 13.6. The van der Waals surface area contributed by atoms with E-state index >= 15 is 0 Å². The number of hydrogen-bond acceptors (Lipinski definition) is 10. The van der Waals surface area contributed by atoms with E-state index in [9.17, 15) is 27.9 Å². The Labute approximate surface area is 250 Å². The van der Waals surface area contributed by atoms with Crippen LogP contribution in [0.15, 0.2) is 53.6 Å². The minimum absolute atomic E-state index is 0.196. The molecule has 1 aromatic carbocycles. The predicted octanol–water partition coefficient (Wildman–Crippen LogP) is 2.08. The number of aromatic nitrogens is 3. The Morgan fingerprint density at radius 1 is 1.09 bits per heavy atom. The average molecular weight is 617 g/mol. The summed E-state index contributed by atoms with van der Waals surface area (Å²) in [7, 11) is 1.48. The van der Waals surface area contributed by atoms with Crippen molar-refractivity contribution in [1.29, 1.82) is 5.26 Å². The monoisotopic (exact) mass is 616 g/mol. The fourth-order valence-electron chi connectivity index (χ4n) is 4.51. The maximum Gasteiger partial charge on any atom is 0.425 e. The first-order chi connectivity index (χ1) is 21.0. The Balaban J connectivity index is 1.28. The number of carbonyl (C=O) groups excluding carboxylic acids is 1. The highest BCUT2D eigenvalue weighted by atomic mass is 19.4. The van der Waals surface area contributed by atoms with E-state index in [1.807, 2.05) is 11.0 Å². The molecule has 0 bridgehead atoms. The van der Waals surface area contributed by atoms with Crippen molar-refractivity contribution in [2.45, 2.75) is 31.9 Å². The van der Waals surface area contributed by atoms with Gasteiger partial charge < -0.3 is 29.1 Å². The minimum Gasteiger partial charge on any atom is -0.497 e. The number of anilines is 1. The number of rotatable bonds is 11. The van der Waals surface area contributed by atoms with Gasteiger partial charge in [0.05, 0.1) is 38.6 Å². The zero-order valence-electron chi connectivity index (χ0n) is 24.0. The van der Waals surface area contributed by atoms with Crippen LogP contribution in [0.2, 0.25) is 0 Å². The Kier molecular flexibility index (Phi) is 10.4. The van der Waals surface area contributed by atoms with Gasteiger partial charge in [0, 0.05) is 32.4 Å². The van der Waals surface area contributed by atoms with Crippen molar-refractivity contribution >= 4 is 11.7 Å². The highest BCUT2D eigenvalue weighted by Crippen LogP contribution is 2.33. The number of aliphatic hydroxyl groups excluding tert-OH is 1. The van der Waals surface area contributed by atoms with Crippen molar-refractivity contribution in [3.8, 4) is 17.6 Å². The standard InChI is InChI=1S/C29H31F3N6O6/c1-19(17-43-18-23(39)27(40)37-11-9-36(10-12-37)25-8-5-21(13-33)14-34-25)44-24-15-35-38(28(41)26(24)29(30,31)32)16-20-3-6-22(42-2)7-4-20/h3-8,14-15,19,23,39H,9-12,16-18H2,1-2H3/t19-,23+/m0/s1. The molecule has 2 atom stereocenters. The number of benzene rings is 1. The molecule has 234 valence electrons. The lowest BCUT2D eigenvalue weighted by Gasteiger charge is -2.36. The number of aliphatic hydroxyl groups is 1. The summed E-state index contributed by atoms with van der Waals surface area (Å²) < 4.78 is 58.2. The third kappa shape index (κ3) is 8.03. The van der Waals surface area contributed by atoms with Crippen molar-refractivity contribution in [3.05, 3.63) is 75.8 Å². The number of carbonyl (C=O) groups is 1. The van der Waals surface area contributed by atoms with E-state index in [0.717, 1.165) is 6.20 Å². The SMILES string of the molecule is COc1ccc(Cn2ncc(O[C@@H](C)COC[C@@H](O)C(=O)N3CCN(c4ccc(C#N)cn4)CC3)c(C(F)(F)F)c2=O)cc1. The van der Waals surface area contributed by atoms with Crippen molar-refractivity contribution in [2.24, 2.45) is 0 Å². The number of methoxy groups -OCH3 is 1. The zero-order chi connectivity index (χ0) is 31.9. The average Bonchev–Trinajstić information content (AvgIpc) is 3.01. The number of nitriles is 1. The lowest BCUT2D eigenvalue weighted by molar-refractivity contribution is -0.145. The quantitative estimate of drug-likeness (QED) is 0.340. The number of amides is 1. The van der Waals surface area contributed by atoms with E-state index < -0.39 is 47.8 Å². The summed E-state index contributed by atoms with van der Waals surface area (Å²) in [6.07, 6.45) is -5.18. The number of alkyl halides is 3. The van der Waals surface area contributed by atoms with Gasteiger partial charge in [0.25, 0.3) is 11.5 Å². The van der Waals surface area contributed by atoms with Gasteiger partial charge in [-0.3, -0.25) is 9.59 Å². The van der Waals surface area contributed by atoms with Gasteiger partial charge in [0.2, 0.25) is 0 Å². The second kappa shape index (κ2) is 14.2. The second-order valence-corrected chi connectivity index (χ2v) is 10.0. The Morgan fingerprint density at radius 3 is 2.39 bits per heavy atom. The van der Waals surface area contributed by atoms with E-state index in [-0.39, 0.29) is 13.2 Å². The van der Waals surface area contributed by atoms with E-state index in [1.54, 1.807) is 36.4 Å². The highest BCUT2D eigenvalue weighted by Gasteiger charge is 2.39. The van der Waals surface area contributed by atoms with E-state index in [1.165, 1.54) is 25.1 Å². The largest absolute Gasteiger partial charge is 0.497 e. The fraction of sp³-hybridized carbons (Fsp3) is 0.414. The maximum absolute atomic E-state index is 13.9. The van der Waals surface area contributed by atoms with Gasteiger partial charge in [-0.25, -0.2) is 9.67 Å². The lowest BCUT2D eigenvalue weighted by atomic mass is 10.2. The Bertz CT molecular complexity index is 1520. The number of halogens is 3. The molecule has 1 aliphatic rings. The topological polar surface area (TPSA) is 143 Å². The molecular weight excluding hydrogens is 585 g/mol. The van der Waals surface area contributed by atoms with Gasteiger partial charge in [0.15, 0.2) is 17.4 Å². The van der Waals surface area contributed by atoms with Crippen molar-refractivity contribution in [1.82, 2.24) is 19.7 Å². The van der Waals surface area contributed by atoms with Crippen LogP contribution >= 0.6 is 0 Å². The lowest BCUT2D eigenvalue weighted by Crippen LogP contribution is -2.52. The molecule has 0 radical (unpaired) electrons. The number of ether oxygens (including phenoxy) is 3. The summed E-state index contributed by atoms with van der Waals surface area (Å²) in [6, 6.07) is 11.8. The van der Waals surface area contributed by atoms with Crippen molar-refractivity contribution < 1.29 is 37.3 Å². The molecule has 0 spiro atoms. The molecule has 1 amide bonds. The van der Waals surface area contributed by atoms with Crippen LogP contribution < -0.4 is 19.9 Å². The minimum atomic E-state index is -5.01. The molecule has 44 heavy (non-hydrogen) atoms. The Hall–Kier alpha value is -4.68. The molecule has 12 nitrogen and oxygen atoms in total. The molecule has 0 saturated carbocycles. The van der Waals surface area contributed by atoms with Crippen LogP contribution in [0.1, 0.15) is 23.6 Å². The summed E-state index contributed by atoms with van der Waals surface area (Å²) in [6.45, 7) is 2.15. The van der Waals surface area contributed by atoms with Gasteiger partial charge in [-0.05, 0) is 36.8 Å². The molecule has 15 heteroatoms. The van der Waals surface area contributed by atoms with Crippen molar-refractivity contribution in [3.63, 3.8) is 0 Å². The summed E-state index contributed by atoms with van der Waals surface area (Å²) in [4.78, 5) is 33.1. The summed E-state index contributed by atoms with van der Waals surface area (Å²) in [5, 5.41) is 23.1. The predicted molar refractivity (Wildman–Crippen MR) is 150 cm³/mol. The van der Waals surface area contributed by atoms with Crippen LogP contribution in [0.25, 0.3) is 0 Å². The van der Waals surface area contributed by atoms with E-state index in [2.05, 4.69) is 10.1 Å². The third-order valence-electron chi connectivity index (χ3n) is 6.82. The fourth-order valence-corrected chi connectivity index (χ4v) is 4.51. The van der Waals surface area contributed by atoms with Gasteiger partial charge in [0.1, 0.15) is 23.7 Å². The van der Waals surface area contributed by atoms with Crippen LogP contribution in [0, 0.1) is 11.3 Å². The first-order valence-corrected chi connectivity index (χ1v) is 13.6. The Morgan fingerprint density at radius 2 is 1.80 bits per heavy atom. The highest BCUT2D eigenvalue weighted by molar-refractivity contribution is 5.81. The normalized spacial score (nSPS) is 14.9. The number of nitrogens with zero attached hydrogens (tertiary/aromatic N) is 6. The van der Waals surface area contributed by atoms with Crippen LogP contribution in [-0.4, -0.2) is 89.4 Å². The number of piperazine rings is 1. The number of pyridine rings is 1. The van der Waals surface area contributed by atoms with Crippen LogP contribution in [0.5, 0.6) is 11.5 Å². The zero-order valence-corrected chi connectivity index (χ0v) is 24.0. The summed E-state index contributed by atoms with van der Waals surface area (Å²) >= 11 is 0. The van der Waals surface area contributed by atoms with Gasteiger partial charge >= 0.3 is 6.18 Å². The summed E-state index contributed by atoms with van der Waals surface area (Å²) in [5.41, 5.74) is -1.88. The van der Waals surface area contributed by atoms with Crippen molar-refractivity contribution in [2.75, 3.05) is 51.4 Å². The second-order valence-electron chi connectivity index (χ2n) is 10.0. The van der Waals surface area contributed by atoms with E-state index in [4.69, 9.17) is 19.5 Å². The third-order valence-corrected chi connectivity index (χ3v) is 6.82. The van der Waals surface area contributed by atoms with E-state index in [0.29, 0.717) is 53.6 Å². The van der Waals surface area contributed by atoms with Gasteiger partial charge in [-0.2, -0.15) is 23.5 Å². The van der Waals surface area contributed by atoms with Gasteiger partial charge in [-0.15, -0.1) is 0 Å². The molecule has 1 N–H and O–H groups in total. The molecule has 1 saturated heterocycles. The van der Waals surface area contributed by atoms with Gasteiger partial charge in [-0.1, -0.05) is 12.1 Å².